The molecule has 12 heavy (non-hydrogen) atoms. The first-order valence-electron chi connectivity index (χ1n) is 5.23. The molecule has 0 atom stereocenters. The summed E-state index contributed by atoms with van der Waals surface area (Å²) in [6.07, 6.45) is 11.0. The van der Waals surface area contributed by atoms with E-state index < -0.39 is 0 Å². The van der Waals surface area contributed by atoms with Crippen LogP contribution < -0.4 is 0 Å². The highest BCUT2D eigenvalue weighted by Gasteiger charge is 1.95. The molecule has 1 heteroatoms. The molecule has 0 unspecified atom stereocenters. The minimum Gasteiger partial charge on any atom is -0.304 e. The van der Waals surface area contributed by atoms with Crippen LogP contribution in [0.4, 0.5) is 0 Å². The summed E-state index contributed by atoms with van der Waals surface area (Å²) in [5, 5.41) is 0. The first-order valence-corrected chi connectivity index (χ1v) is 5.23. The molecule has 0 heterocycles. The largest absolute Gasteiger partial charge is 0.304 e. The van der Waals surface area contributed by atoms with E-state index in [-0.39, 0.29) is 0 Å². The lowest BCUT2D eigenvalue weighted by Crippen LogP contribution is -1.85. The molecule has 1 fully saturated rings. The number of carbonyl (C=O) groups excluding carboxylic acids is 1. The van der Waals surface area contributed by atoms with Crippen molar-refractivity contribution in [2.24, 2.45) is 0 Å². The van der Waals surface area contributed by atoms with Crippen molar-refractivity contribution >= 4 is 6.29 Å². The van der Waals surface area contributed by atoms with Gasteiger partial charge in [0.1, 0.15) is 6.29 Å². The fourth-order valence-electron chi connectivity index (χ4n) is 1.06. The van der Waals surface area contributed by atoms with Crippen LogP contribution in [0.2, 0.25) is 0 Å². The van der Waals surface area contributed by atoms with Gasteiger partial charge in [0.25, 0.3) is 0 Å². The summed E-state index contributed by atoms with van der Waals surface area (Å²) in [5.41, 5.74) is 0. The van der Waals surface area contributed by atoms with Crippen LogP contribution in [0.5, 0.6) is 0 Å². The van der Waals surface area contributed by atoms with E-state index in [9.17, 15) is 0 Å². The molecule has 0 spiro atoms. The Bertz CT molecular complexity index is 53.9. The maximum atomic E-state index is 8.81. The van der Waals surface area contributed by atoms with Gasteiger partial charge in [-0.05, 0) is 6.92 Å². The lowest BCUT2D eigenvalue weighted by Gasteiger charge is -2.05. The molecule has 1 nitrogen and oxygen atoms in total. The monoisotopic (exact) mass is 172 g/mol. The van der Waals surface area contributed by atoms with Crippen LogP contribution in [0.1, 0.15) is 65.7 Å². The zero-order chi connectivity index (χ0) is 9.66. The van der Waals surface area contributed by atoms with Crippen molar-refractivity contribution in [1.82, 2.24) is 0 Å². The second-order valence-corrected chi connectivity index (χ2v) is 3.06. The normalized spacial score (nSPS) is 14.6. The van der Waals surface area contributed by atoms with Crippen LogP contribution >= 0.6 is 0 Å². The molecule has 0 amide bonds. The Balaban J connectivity index is 0. The van der Waals surface area contributed by atoms with Gasteiger partial charge in [-0.15, -0.1) is 0 Å². The van der Waals surface area contributed by atoms with Crippen molar-refractivity contribution in [3.63, 3.8) is 0 Å². The zero-order valence-corrected chi connectivity index (χ0v) is 8.94. The van der Waals surface area contributed by atoms with Crippen LogP contribution in [0.3, 0.4) is 0 Å². The quantitative estimate of drug-likeness (QED) is 0.505. The van der Waals surface area contributed by atoms with Crippen molar-refractivity contribution in [2.75, 3.05) is 0 Å². The Morgan fingerprint density at radius 1 is 0.917 bits per heavy atom. The summed E-state index contributed by atoms with van der Waals surface area (Å²) in [7, 11) is 0. The summed E-state index contributed by atoms with van der Waals surface area (Å²) >= 11 is 0. The second kappa shape index (κ2) is 17.0. The topological polar surface area (TPSA) is 17.1 Å². The van der Waals surface area contributed by atoms with Gasteiger partial charge in [-0.3, -0.25) is 0 Å². The molecule has 0 aliphatic heterocycles. The van der Waals surface area contributed by atoms with Crippen molar-refractivity contribution < 1.29 is 4.79 Å². The molecule has 0 aromatic heterocycles. The van der Waals surface area contributed by atoms with Gasteiger partial charge < -0.3 is 4.79 Å². The van der Waals surface area contributed by atoms with E-state index in [4.69, 9.17) is 4.79 Å². The maximum absolute atomic E-state index is 8.81. The van der Waals surface area contributed by atoms with Gasteiger partial charge in [0, 0.05) is 0 Å². The molecule has 0 bridgehead atoms. The molecule has 0 aromatic carbocycles. The molecule has 74 valence electrons. The summed E-state index contributed by atoms with van der Waals surface area (Å²) in [4.78, 5) is 8.81. The highest BCUT2D eigenvalue weighted by Crippen LogP contribution is 2.15. The highest BCUT2D eigenvalue weighted by molar-refractivity contribution is 5.44. The van der Waals surface area contributed by atoms with E-state index >= 15 is 0 Å². The third kappa shape index (κ3) is 22.6. The van der Waals surface area contributed by atoms with Gasteiger partial charge in [0.05, 0.1) is 0 Å². The number of hydrogen-bond donors (Lipinski definition) is 0. The van der Waals surface area contributed by atoms with Crippen LogP contribution in [0, 0.1) is 0 Å². The van der Waals surface area contributed by atoms with Crippen molar-refractivity contribution in [3.05, 3.63) is 0 Å². The van der Waals surface area contributed by atoms with Crippen molar-refractivity contribution in [2.45, 2.75) is 65.7 Å². The Kier molecular flexibility index (Phi) is 20.1. The van der Waals surface area contributed by atoms with Gasteiger partial charge >= 0.3 is 0 Å². The molecule has 0 N–H and O–H groups in total. The molecule has 0 radical (unpaired) electrons. The smallest absolute Gasteiger partial charge is 0.116 e. The summed E-state index contributed by atoms with van der Waals surface area (Å²) < 4.78 is 0. The molecule has 1 aliphatic rings. The Morgan fingerprint density at radius 3 is 1.08 bits per heavy atom. The average Bonchev–Trinajstić information content (AvgIpc) is 2.10. The Hall–Kier alpha value is -0.330. The summed E-state index contributed by atoms with van der Waals surface area (Å²) in [5.74, 6) is 0. The van der Waals surface area contributed by atoms with E-state index in [0.29, 0.717) is 0 Å². The summed E-state index contributed by atoms with van der Waals surface area (Å²) in [6.45, 7) is 5.69. The van der Waals surface area contributed by atoms with Crippen LogP contribution in [-0.2, 0) is 4.79 Å². The van der Waals surface area contributed by atoms with Gasteiger partial charge in [-0.2, -0.15) is 0 Å². The fourth-order valence-corrected chi connectivity index (χ4v) is 1.06. The second-order valence-electron chi connectivity index (χ2n) is 3.06. The zero-order valence-electron chi connectivity index (χ0n) is 8.94. The van der Waals surface area contributed by atoms with Crippen LogP contribution in [0.25, 0.3) is 0 Å². The van der Waals surface area contributed by atoms with E-state index in [0.717, 1.165) is 6.29 Å². The fraction of sp³-hybridized carbons (Fsp3) is 0.909. The summed E-state index contributed by atoms with van der Waals surface area (Å²) in [6, 6.07) is 0. The minimum absolute atomic E-state index is 0.750. The number of aldehydes is 1. The highest BCUT2D eigenvalue weighted by atomic mass is 16.1. The lowest BCUT2D eigenvalue weighted by molar-refractivity contribution is -0.106. The van der Waals surface area contributed by atoms with Crippen LogP contribution in [-0.4, -0.2) is 6.29 Å². The van der Waals surface area contributed by atoms with Crippen molar-refractivity contribution in [3.8, 4) is 0 Å². The number of carbonyl (C=O) groups is 1. The van der Waals surface area contributed by atoms with Gasteiger partial charge in [-0.25, -0.2) is 0 Å². The maximum Gasteiger partial charge on any atom is 0.116 e. The number of rotatable bonds is 0. The predicted octanol–water partition coefficient (Wildman–Crippen LogP) is 3.96. The molecule has 0 aromatic rings. The predicted molar refractivity (Wildman–Crippen MR) is 55.4 cm³/mol. The average molecular weight is 172 g/mol. The van der Waals surface area contributed by atoms with Crippen LogP contribution in [0.15, 0.2) is 0 Å². The SMILES string of the molecule is C1CCCCC1.CC=O.CCC. The van der Waals surface area contributed by atoms with E-state index in [1.807, 2.05) is 0 Å². The van der Waals surface area contributed by atoms with E-state index in [2.05, 4.69) is 13.8 Å². The lowest BCUT2D eigenvalue weighted by atomic mass is 10.0. The first kappa shape index (κ1) is 14.2. The van der Waals surface area contributed by atoms with Gasteiger partial charge in [-0.1, -0.05) is 58.8 Å². The molecule has 0 saturated heterocycles. The molecular formula is C11H24O. The molecular weight excluding hydrogens is 148 g/mol. The third-order valence-electron chi connectivity index (χ3n) is 1.50. The Labute approximate surface area is 77.6 Å². The van der Waals surface area contributed by atoms with E-state index in [1.54, 1.807) is 0 Å². The number of hydrogen-bond acceptors (Lipinski definition) is 1. The standard InChI is InChI=1S/C6H12.C3H8.C2H4O/c1-2-4-6-5-3-1;1-3-2;1-2-3/h1-6H2;3H2,1-2H3;2H,1H3. The third-order valence-corrected chi connectivity index (χ3v) is 1.50. The van der Waals surface area contributed by atoms with Gasteiger partial charge in [0.15, 0.2) is 0 Å². The van der Waals surface area contributed by atoms with Gasteiger partial charge in [0.2, 0.25) is 0 Å². The molecule has 1 saturated carbocycles. The van der Waals surface area contributed by atoms with Crippen molar-refractivity contribution in [1.29, 1.82) is 0 Å². The van der Waals surface area contributed by atoms with E-state index in [1.165, 1.54) is 51.9 Å². The minimum atomic E-state index is 0.750. The first-order chi connectivity index (χ1) is 5.83. The Morgan fingerprint density at radius 2 is 1.00 bits per heavy atom. The molecule has 1 rings (SSSR count). The molecule has 1 aliphatic carbocycles.